The third kappa shape index (κ3) is 3.10. The summed E-state index contributed by atoms with van der Waals surface area (Å²) in [5.41, 5.74) is 2.77. The highest BCUT2D eigenvalue weighted by Crippen LogP contribution is 2.42. The Labute approximate surface area is 166 Å². The maximum absolute atomic E-state index is 12.0. The normalized spacial score (nSPS) is 12.7. The first kappa shape index (κ1) is 18.6. The number of anilines is 1. The summed E-state index contributed by atoms with van der Waals surface area (Å²) >= 11 is 0. The standard InChI is InChI=1S/C20H19N5O4/c1-12-5-4-6-16(21-12)18-19(24-10-9-23(13(2)26)20(24)22-18)15-8-7-14(29-3)11-17(15)25(27)28/h4-8,11H,9-10H2,1-3H3. The quantitative estimate of drug-likeness (QED) is 0.498. The second-order valence-electron chi connectivity index (χ2n) is 6.74. The Bertz CT molecular complexity index is 1140. The molecule has 0 saturated carbocycles. The molecule has 0 atom stereocenters. The molecule has 1 amide bonds. The number of pyridine rings is 1. The van der Waals surface area contributed by atoms with Crippen molar-refractivity contribution in [3.63, 3.8) is 0 Å². The number of benzene rings is 1. The maximum Gasteiger partial charge on any atom is 0.282 e. The van der Waals surface area contributed by atoms with E-state index in [1.54, 1.807) is 17.0 Å². The van der Waals surface area contributed by atoms with E-state index < -0.39 is 4.92 Å². The number of methoxy groups -OCH3 is 1. The van der Waals surface area contributed by atoms with E-state index in [1.807, 2.05) is 29.7 Å². The van der Waals surface area contributed by atoms with Crippen LogP contribution in [-0.2, 0) is 11.3 Å². The molecule has 0 bridgehead atoms. The number of hydrogen-bond acceptors (Lipinski definition) is 6. The molecule has 29 heavy (non-hydrogen) atoms. The van der Waals surface area contributed by atoms with Crippen LogP contribution >= 0.6 is 0 Å². The Morgan fingerprint density at radius 1 is 1.21 bits per heavy atom. The van der Waals surface area contributed by atoms with Crippen LogP contribution in [0.5, 0.6) is 5.75 Å². The summed E-state index contributed by atoms with van der Waals surface area (Å²) in [7, 11) is 1.46. The van der Waals surface area contributed by atoms with Gasteiger partial charge in [0.05, 0.1) is 35.1 Å². The van der Waals surface area contributed by atoms with Crippen molar-refractivity contribution in [1.82, 2.24) is 14.5 Å². The molecule has 1 aromatic carbocycles. The zero-order chi connectivity index (χ0) is 20.7. The van der Waals surface area contributed by atoms with Gasteiger partial charge in [-0.05, 0) is 31.2 Å². The van der Waals surface area contributed by atoms with Gasteiger partial charge in [0.25, 0.3) is 5.69 Å². The molecule has 4 rings (SSSR count). The number of rotatable bonds is 4. The Hall–Kier alpha value is -3.75. The molecule has 2 aromatic heterocycles. The first-order chi connectivity index (χ1) is 13.9. The van der Waals surface area contributed by atoms with Gasteiger partial charge >= 0.3 is 0 Å². The molecule has 1 aliphatic rings. The van der Waals surface area contributed by atoms with E-state index in [0.29, 0.717) is 47.4 Å². The SMILES string of the molecule is COc1ccc(-c2c(-c3cccc(C)n3)nc3n2CCN3C(C)=O)c([N+](=O)[O-])c1. The molecule has 3 aromatic rings. The van der Waals surface area contributed by atoms with Crippen molar-refractivity contribution in [2.75, 3.05) is 18.6 Å². The predicted octanol–water partition coefficient (Wildman–Crippen LogP) is 3.20. The minimum absolute atomic E-state index is 0.0952. The van der Waals surface area contributed by atoms with Crippen molar-refractivity contribution < 1.29 is 14.5 Å². The Morgan fingerprint density at radius 3 is 2.66 bits per heavy atom. The number of nitro benzene ring substituents is 1. The topological polar surface area (TPSA) is 103 Å². The van der Waals surface area contributed by atoms with Crippen molar-refractivity contribution >= 4 is 17.5 Å². The smallest absolute Gasteiger partial charge is 0.282 e. The van der Waals surface area contributed by atoms with Crippen LogP contribution in [0, 0.1) is 17.0 Å². The molecule has 1 aliphatic heterocycles. The fraction of sp³-hybridized carbons (Fsp3) is 0.250. The van der Waals surface area contributed by atoms with Crippen LogP contribution in [0.3, 0.4) is 0 Å². The van der Waals surface area contributed by atoms with E-state index in [1.165, 1.54) is 20.1 Å². The summed E-state index contributed by atoms with van der Waals surface area (Å²) in [5, 5.41) is 11.8. The number of nitro groups is 1. The Morgan fingerprint density at radius 2 is 2.00 bits per heavy atom. The maximum atomic E-state index is 12.0. The van der Waals surface area contributed by atoms with Gasteiger partial charge in [0.2, 0.25) is 11.9 Å². The first-order valence-electron chi connectivity index (χ1n) is 9.06. The molecule has 3 heterocycles. The van der Waals surface area contributed by atoms with Crippen LogP contribution in [0.2, 0.25) is 0 Å². The zero-order valence-corrected chi connectivity index (χ0v) is 16.2. The predicted molar refractivity (Wildman–Crippen MR) is 107 cm³/mol. The molecule has 9 heteroatoms. The number of aromatic nitrogens is 3. The van der Waals surface area contributed by atoms with Gasteiger partial charge in [0.15, 0.2) is 0 Å². The number of imidazole rings is 1. The van der Waals surface area contributed by atoms with Crippen LogP contribution in [0.15, 0.2) is 36.4 Å². The van der Waals surface area contributed by atoms with E-state index in [2.05, 4.69) is 9.97 Å². The Balaban J connectivity index is 2.02. The van der Waals surface area contributed by atoms with Gasteiger partial charge in [-0.1, -0.05) is 6.07 Å². The molecule has 0 aliphatic carbocycles. The molecule has 9 nitrogen and oxygen atoms in total. The highest BCUT2D eigenvalue weighted by atomic mass is 16.6. The molecule has 0 fully saturated rings. The number of carbonyl (C=O) groups is 1. The summed E-state index contributed by atoms with van der Waals surface area (Å²) < 4.78 is 7.00. The molecular formula is C20H19N5O4. The van der Waals surface area contributed by atoms with Crippen LogP contribution in [0.1, 0.15) is 12.6 Å². The summed E-state index contributed by atoms with van der Waals surface area (Å²) in [6.45, 7) is 4.30. The highest BCUT2D eigenvalue weighted by molar-refractivity contribution is 5.93. The first-order valence-corrected chi connectivity index (χ1v) is 9.06. The molecular weight excluding hydrogens is 374 g/mol. The molecule has 148 valence electrons. The van der Waals surface area contributed by atoms with Gasteiger partial charge in [-0.3, -0.25) is 24.8 Å². The van der Waals surface area contributed by atoms with Gasteiger partial charge in [0, 0.05) is 25.7 Å². The number of hydrogen-bond donors (Lipinski definition) is 0. The molecule has 0 spiro atoms. The lowest BCUT2D eigenvalue weighted by Gasteiger charge is -2.10. The molecule has 0 N–H and O–H groups in total. The van der Waals surface area contributed by atoms with Crippen molar-refractivity contribution in [3.05, 3.63) is 52.2 Å². The van der Waals surface area contributed by atoms with E-state index in [9.17, 15) is 14.9 Å². The molecule has 0 radical (unpaired) electrons. The minimum atomic E-state index is -0.442. The van der Waals surface area contributed by atoms with Crippen LogP contribution < -0.4 is 9.64 Å². The van der Waals surface area contributed by atoms with Gasteiger partial charge in [-0.15, -0.1) is 0 Å². The van der Waals surface area contributed by atoms with E-state index in [0.717, 1.165) is 5.69 Å². The average Bonchev–Trinajstić information content (AvgIpc) is 3.26. The van der Waals surface area contributed by atoms with E-state index >= 15 is 0 Å². The van der Waals surface area contributed by atoms with Gasteiger partial charge in [-0.2, -0.15) is 0 Å². The third-order valence-electron chi connectivity index (χ3n) is 4.90. The number of fused-ring (bicyclic) bond motifs is 1. The lowest BCUT2D eigenvalue weighted by Crippen LogP contribution is -2.26. The second kappa shape index (κ2) is 7.01. The molecule has 0 unspecified atom stereocenters. The third-order valence-corrected chi connectivity index (χ3v) is 4.90. The number of nitrogens with zero attached hydrogens (tertiary/aromatic N) is 5. The second-order valence-corrected chi connectivity index (χ2v) is 6.74. The summed E-state index contributed by atoms with van der Waals surface area (Å²) in [6.07, 6.45) is 0. The number of ether oxygens (including phenoxy) is 1. The number of amides is 1. The van der Waals surface area contributed by atoms with Crippen molar-refractivity contribution in [2.24, 2.45) is 0 Å². The van der Waals surface area contributed by atoms with Crippen LogP contribution in [0.4, 0.5) is 11.6 Å². The molecule has 0 saturated heterocycles. The largest absolute Gasteiger partial charge is 0.497 e. The van der Waals surface area contributed by atoms with E-state index in [4.69, 9.17) is 4.74 Å². The monoisotopic (exact) mass is 393 g/mol. The number of carbonyl (C=O) groups excluding carboxylic acids is 1. The lowest BCUT2D eigenvalue weighted by atomic mass is 10.0. The average molecular weight is 393 g/mol. The minimum Gasteiger partial charge on any atom is -0.497 e. The van der Waals surface area contributed by atoms with Crippen molar-refractivity contribution in [3.8, 4) is 28.4 Å². The highest BCUT2D eigenvalue weighted by Gasteiger charge is 2.33. The van der Waals surface area contributed by atoms with Gasteiger partial charge in [0.1, 0.15) is 11.4 Å². The van der Waals surface area contributed by atoms with Gasteiger partial charge < -0.3 is 9.30 Å². The summed E-state index contributed by atoms with van der Waals surface area (Å²) in [4.78, 5) is 34.2. The summed E-state index contributed by atoms with van der Waals surface area (Å²) in [5.74, 6) is 0.728. The lowest BCUT2D eigenvalue weighted by molar-refractivity contribution is -0.384. The van der Waals surface area contributed by atoms with Crippen molar-refractivity contribution in [2.45, 2.75) is 20.4 Å². The Kier molecular flexibility index (Phi) is 4.50. The zero-order valence-electron chi connectivity index (χ0n) is 16.2. The fourth-order valence-electron chi connectivity index (χ4n) is 3.57. The van der Waals surface area contributed by atoms with Crippen LogP contribution in [0.25, 0.3) is 22.6 Å². The van der Waals surface area contributed by atoms with Crippen molar-refractivity contribution in [1.29, 1.82) is 0 Å². The van der Waals surface area contributed by atoms with Crippen LogP contribution in [-0.4, -0.2) is 39.0 Å². The van der Waals surface area contributed by atoms with Gasteiger partial charge in [-0.25, -0.2) is 4.98 Å². The fourth-order valence-corrected chi connectivity index (χ4v) is 3.57. The number of aryl methyl sites for hydroxylation is 1. The van der Waals surface area contributed by atoms with E-state index in [-0.39, 0.29) is 11.6 Å². The summed E-state index contributed by atoms with van der Waals surface area (Å²) in [6, 6.07) is 10.2.